The number of amides is 1. The highest BCUT2D eigenvalue weighted by Crippen LogP contribution is 2.29. The summed E-state index contributed by atoms with van der Waals surface area (Å²) >= 11 is 0. The zero-order chi connectivity index (χ0) is 28.1. The molecule has 0 saturated carbocycles. The number of rotatable bonds is 10. The normalized spacial score (nSPS) is 38.5. The van der Waals surface area contributed by atoms with Crippen LogP contribution in [0.15, 0.2) is 12.7 Å². The van der Waals surface area contributed by atoms with Crippen molar-refractivity contribution in [2.24, 2.45) is 0 Å². The highest BCUT2D eigenvalue weighted by atomic mass is 16.7. The third-order valence-electron chi connectivity index (χ3n) is 5.76. The highest BCUT2D eigenvalue weighted by molar-refractivity contribution is 5.68. The van der Waals surface area contributed by atoms with Crippen LogP contribution in [0.5, 0.6) is 0 Å². The number of alkyl carbamates (subject to hydrolysis) is 1. The van der Waals surface area contributed by atoms with Gasteiger partial charge in [0.15, 0.2) is 12.6 Å². The van der Waals surface area contributed by atoms with Gasteiger partial charge >= 0.3 is 6.09 Å². The lowest BCUT2D eigenvalue weighted by molar-refractivity contribution is -0.359. The molecule has 2 aliphatic heterocycles. The van der Waals surface area contributed by atoms with E-state index in [9.17, 15) is 45.6 Å². The minimum Gasteiger partial charge on any atom is -0.444 e. The van der Waals surface area contributed by atoms with Crippen molar-refractivity contribution in [2.75, 3.05) is 19.8 Å². The zero-order valence-electron chi connectivity index (χ0n) is 20.9. The predicted molar refractivity (Wildman–Crippen MR) is 122 cm³/mol. The van der Waals surface area contributed by atoms with Gasteiger partial charge in [0.05, 0.1) is 32.0 Å². The molecule has 37 heavy (non-hydrogen) atoms. The Morgan fingerprint density at radius 3 is 2.05 bits per heavy atom. The van der Waals surface area contributed by atoms with Crippen molar-refractivity contribution in [1.82, 2.24) is 5.32 Å². The lowest BCUT2D eigenvalue weighted by atomic mass is 9.97. The fourth-order valence-corrected chi connectivity index (χ4v) is 3.74. The monoisotopic (exact) mass is 541 g/mol. The van der Waals surface area contributed by atoms with Gasteiger partial charge in [0, 0.05) is 0 Å². The van der Waals surface area contributed by atoms with E-state index in [0.29, 0.717) is 0 Å². The number of aliphatic hydroxyl groups is 8. The van der Waals surface area contributed by atoms with E-state index in [-0.39, 0.29) is 0 Å². The van der Waals surface area contributed by atoms with Crippen molar-refractivity contribution in [3.63, 3.8) is 0 Å². The molecule has 4 unspecified atom stereocenters. The Kier molecular flexibility index (Phi) is 11.6. The standard InChI is InChI=1S/C22H39NO14/c1-5-10(26)9(23-21(32)37-22(2,3)4)8-33-19-17(31)15(29)18(12(7-25)35-19)36-20-16(30)14(28)13(27)11(6-24)34-20/h5,9-20,24-31H,1,6-8H2,2-4H3,(H,23,32)/t9-,10+,11?,12?,13-,14-,15+,16-,17-,18+,19?,20?/m0/s1. The molecule has 2 aliphatic rings. The molecule has 0 aromatic carbocycles. The Bertz CT molecular complexity index is 731. The van der Waals surface area contributed by atoms with E-state index in [1.54, 1.807) is 20.8 Å². The van der Waals surface area contributed by atoms with E-state index >= 15 is 0 Å². The van der Waals surface area contributed by atoms with Gasteiger partial charge in [0.1, 0.15) is 54.4 Å². The van der Waals surface area contributed by atoms with Gasteiger partial charge in [-0.1, -0.05) is 6.08 Å². The summed E-state index contributed by atoms with van der Waals surface area (Å²) in [7, 11) is 0. The van der Waals surface area contributed by atoms with E-state index in [1.807, 2.05) is 0 Å². The number of ether oxygens (including phenoxy) is 5. The van der Waals surface area contributed by atoms with Gasteiger partial charge in [0.25, 0.3) is 0 Å². The SMILES string of the molecule is C=C[C@@H](O)[C@H](COC1OC(CO)[C@@H](OC2OC(CO)[C@H](O)[C@H](O)[C@@H]2O)[C@H](O)[C@@H]1O)NC(=O)OC(C)(C)C. The van der Waals surface area contributed by atoms with Gasteiger partial charge in [-0.05, 0) is 20.8 Å². The first-order chi connectivity index (χ1) is 17.2. The Labute approximate surface area is 213 Å². The van der Waals surface area contributed by atoms with Crippen LogP contribution in [-0.2, 0) is 23.7 Å². The molecular weight excluding hydrogens is 502 g/mol. The smallest absolute Gasteiger partial charge is 0.408 e. The second-order valence-corrected chi connectivity index (χ2v) is 9.82. The summed E-state index contributed by atoms with van der Waals surface area (Å²) < 4.78 is 26.8. The zero-order valence-corrected chi connectivity index (χ0v) is 20.9. The molecule has 0 radical (unpaired) electrons. The van der Waals surface area contributed by atoms with E-state index in [1.165, 1.54) is 0 Å². The van der Waals surface area contributed by atoms with Crippen LogP contribution in [0.2, 0.25) is 0 Å². The second kappa shape index (κ2) is 13.5. The molecule has 2 heterocycles. The summed E-state index contributed by atoms with van der Waals surface area (Å²) in [6.45, 7) is 6.49. The quantitative estimate of drug-likeness (QED) is 0.120. The Hall–Kier alpha value is -1.47. The van der Waals surface area contributed by atoms with Crippen molar-refractivity contribution in [3.8, 4) is 0 Å². The third kappa shape index (κ3) is 8.26. The summed E-state index contributed by atoms with van der Waals surface area (Å²) in [6, 6.07) is -1.09. The number of nitrogens with one attached hydrogen (secondary N) is 1. The van der Waals surface area contributed by atoms with Gasteiger partial charge in [-0.3, -0.25) is 0 Å². The Morgan fingerprint density at radius 2 is 1.51 bits per heavy atom. The molecule has 0 aliphatic carbocycles. The molecule has 9 N–H and O–H groups in total. The van der Waals surface area contributed by atoms with Crippen LogP contribution in [0.1, 0.15) is 20.8 Å². The summed E-state index contributed by atoms with van der Waals surface area (Å²) in [5.41, 5.74) is -0.814. The Balaban J connectivity index is 2.06. The maximum atomic E-state index is 12.1. The maximum absolute atomic E-state index is 12.1. The van der Waals surface area contributed by atoms with E-state index in [2.05, 4.69) is 11.9 Å². The predicted octanol–water partition coefficient (Wildman–Crippen LogP) is -3.93. The van der Waals surface area contributed by atoms with Crippen LogP contribution in [0.4, 0.5) is 4.79 Å². The lowest BCUT2D eigenvalue weighted by Crippen LogP contribution is -2.65. The minimum absolute atomic E-state index is 0.433. The average Bonchev–Trinajstić information content (AvgIpc) is 2.83. The van der Waals surface area contributed by atoms with E-state index < -0.39 is 105 Å². The van der Waals surface area contributed by atoms with Crippen molar-refractivity contribution in [1.29, 1.82) is 0 Å². The number of carbonyl (C=O) groups excluding carboxylic acids is 1. The number of hydrogen-bond donors (Lipinski definition) is 9. The lowest BCUT2D eigenvalue weighted by Gasteiger charge is -2.46. The van der Waals surface area contributed by atoms with Crippen LogP contribution >= 0.6 is 0 Å². The van der Waals surface area contributed by atoms with Crippen molar-refractivity contribution < 1.29 is 69.3 Å². The molecule has 1 amide bonds. The van der Waals surface area contributed by atoms with Crippen molar-refractivity contribution >= 4 is 6.09 Å². The van der Waals surface area contributed by atoms with E-state index in [0.717, 1.165) is 6.08 Å². The fraction of sp³-hybridized carbons (Fsp3) is 0.864. The topological polar surface area (TPSA) is 237 Å². The first-order valence-corrected chi connectivity index (χ1v) is 11.7. The second-order valence-electron chi connectivity index (χ2n) is 9.82. The molecule has 0 aromatic heterocycles. The fourth-order valence-electron chi connectivity index (χ4n) is 3.74. The van der Waals surface area contributed by atoms with Gasteiger partial charge in [-0.2, -0.15) is 0 Å². The molecule has 0 bridgehead atoms. The van der Waals surface area contributed by atoms with Crippen molar-refractivity contribution in [2.45, 2.75) is 99.9 Å². The molecule has 2 saturated heterocycles. The van der Waals surface area contributed by atoms with Gasteiger partial charge < -0.3 is 69.9 Å². The van der Waals surface area contributed by atoms with Crippen LogP contribution < -0.4 is 5.32 Å². The third-order valence-corrected chi connectivity index (χ3v) is 5.76. The summed E-state index contributed by atoms with van der Waals surface area (Å²) in [6.07, 6.45) is -17.1. The summed E-state index contributed by atoms with van der Waals surface area (Å²) in [5.74, 6) is 0. The van der Waals surface area contributed by atoms with Gasteiger partial charge in [-0.25, -0.2) is 4.79 Å². The highest BCUT2D eigenvalue weighted by Gasteiger charge is 2.50. The van der Waals surface area contributed by atoms with E-state index in [4.69, 9.17) is 23.7 Å². The molecule has 0 spiro atoms. The van der Waals surface area contributed by atoms with Gasteiger partial charge in [-0.15, -0.1) is 6.58 Å². The summed E-state index contributed by atoms with van der Waals surface area (Å²) in [5, 5.41) is 82.9. The molecule has 12 atom stereocenters. The minimum atomic E-state index is -1.80. The van der Waals surface area contributed by atoms with Crippen LogP contribution in [0.25, 0.3) is 0 Å². The molecule has 2 rings (SSSR count). The summed E-state index contributed by atoms with van der Waals surface area (Å²) in [4.78, 5) is 12.1. The Morgan fingerprint density at radius 1 is 0.946 bits per heavy atom. The molecule has 15 nitrogen and oxygen atoms in total. The average molecular weight is 542 g/mol. The first-order valence-electron chi connectivity index (χ1n) is 11.7. The molecule has 2 fully saturated rings. The van der Waals surface area contributed by atoms with Crippen molar-refractivity contribution in [3.05, 3.63) is 12.7 Å². The van der Waals surface area contributed by atoms with Crippen LogP contribution in [-0.4, -0.2) is 146 Å². The number of aliphatic hydroxyl groups excluding tert-OH is 8. The number of carbonyl (C=O) groups is 1. The molecule has 0 aromatic rings. The first kappa shape index (κ1) is 31.7. The molecule has 216 valence electrons. The van der Waals surface area contributed by atoms with Crippen LogP contribution in [0, 0.1) is 0 Å². The van der Waals surface area contributed by atoms with Gasteiger partial charge in [0.2, 0.25) is 0 Å². The maximum Gasteiger partial charge on any atom is 0.408 e. The number of hydrogen-bond acceptors (Lipinski definition) is 14. The molecular formula is C22H39NO14. The van der Waals surface area contributed by atoms with Crippen LogP contribution in [0.3, 0.4) is 0 Å². The largest absolute Gasteiger partial charge is 0.444 e. The molecule has 15 heteroatoms.